The Morgan fingerprint density at radius 2 is 2.12 bits per heavy atom. The van der Waals surface area contributed by atoms with Crippen molar-refractivity contribution in [3.63, 3.8) is 0 Å². The van der Waals surface area contributed by atoms with Crippen molar-refractivity contribution < 1.29 is 0 Å². The van der Waals surface area contributed by atoms with Crippen LogP contribution in [0, 0.1) is 5.41 Å². The molecule has 0 aliphatic rings. The van der Waals surface area contributed by atoms with Gasteiger partial charge in [-0.1, -0.05) is 27.7 Å². The van der Waals surface area contributed by atoms with E-state index < -0.39 is 0 Å². The highest BCUT2D eigenvalue weighted by Crippen LogP contribution is 2.22. The SMILES string of the molecule is CCNC(CCc1ccnn1C)CC(C)(C)C. The second-order valence-corrected chi connectivity index (χ2v) is 6.00. The van der Waals surface area contributed by atoms with Crippen molar-refractivity contribution in [3.05, 3.63) is 18.0 Å². The second kappa shape index (κ2) is 6.20. The van der Waals surface area contributed by atoms with Crippen LogP contribution in [0.25, 0.3) is 0 Å². The molecule has 98 valence electrons. The summed E-state index contributed by atoms with van der Waals surface area (Å²) in [5.74, 6) is 0. The number of nitrogens with zero attached hydrogens (tertiary/aromatic N) is 2. The minimum Gasteiger partial charge on any atom is -0.314 e. The van der Waals surface area contributed by atoms with Gasteiger partial charge in [-0.3, -0.25) is 4.68 Å². The van der Waals surface area contributed by atoms with Crippen LogP contribution in [0.15, 0.2) is 12.3 Å². The van der Waals surface area contributed by atoms with Crippen molar-refractivity contribution in [1.29, 1.82) is 0 Å². The molecule has 0 saturated carbocycles. The third kappa shape index (κ3) is 5.35. The molecule has 1 aromatic rings. The van der Waals surface area contributed by atoms with Crippen LogP contribution in [-0.4, -0.2) is 22.4 Å². The first kappa shape index (κ1) is 14.2. The summed E-state index contributed by atoms with van der Waals surface area (Å²) in [6.07, 6.45) is 5.38. The predicted octanol–water partition coefficient (Wildman–Crippen LogP) is 2.77. The molecule has 3 heteroatoms. The van der Waals surface area contributed by atoms with E-state index >= 15 is 0 Å². The van der Waals surface area contributed by atoms with Crippen molar-refractivity contribution >= 4 is 0 Å². The van der Waals surface area contributed by atoms with Gasteiger partial charge in [0.15, 0.2) is 0 Å². The van der Waals surface area contributed by atoms with Gasteiger partial charge in [-0.15, -0.1) is 0 Å². The van der Waals surface area contributed by atoms with E-state index in [0.717, 1.165) is 13.0 Å². The molecule has 1 heterocycles. The molecule has 0 amide bonds. The van der Waals surface area contributed by atoms with Gasteiger partial charge in [-0.2, -0.15) is 5.10 Å². The van der Waals surface area contributed by atoms with Gasteiger partial charge < -0.3 is 5.32 Å². The molecule has 0 aromatic carbocycles. The first-order chi connectivity index (χ1) is 7.92. The Kier molecular flexibility index (Phi) is 5.19. The lowest BCUT2D eigenvalue weighted by molar-refractivity contribution is 0.300. The molecule has 1 rings (SSSR count). The number of hydrogen-bond donors (Lipinski definition) is 1. The molecule has 1 aromatic heterocycles. The maximum atomic E-state index is 4.21. The van der Waals surface area contributed by atoms with E-state index in [0.29, 0.717) is 11.5 Å². The molecule has 1 N–H and O–H groups in total. The molecule has 0 aliphatic heterocycles. The normalized spacial score (nSPS) is 13.9. The average Bonchev–Trinajstić information content (AvgIpc) is 2.59. The van der Waals surface area contributed by atoms with Gasteiger partial charge >= 0.3 is 0 Å². The van der Waals surface area contributed by atoms with Crippen LogP contribution in [0.3, 0.4) is 0 Å². The highest BCUT2D eigenvalue weighted by molar-refractivity contribution is 5.00. The summed E-state index contributed by atoms with van der Waals surface area (Å²) in [6, 6.07) is 2.72. The van der Waals surface area contributed by atoms with E-state index in [1.54, 1.807) is 0 Å². The fourth-order valence-corrected chi connectivity index (χ4v) is 2.27. The largest absolute Gasteiger partial charge is 0.314 e. The summed E-state index contributed by atoms with van der Waals surface area (Å²) in [4.78, 5) is 0. The van der Waals surface area contributed by atoms with Crippen molar-refractivity contribution in [2.75, 3.05) is 6.54 Å². The molecular weight excluding hydrogens is 210 g/mol. The molecule has 0 radical (unpaired) electrons. The van der Waals surface area contributed by atoms with Crippen LogP contribution < -0.4 is 5.32 Å². The summed E-state index contributed by atoms with van der Waals surface area (Å²) in [7, 11) is 2.02. The molecule has 17 heavy (non-hydrogen) atoms. The van der Waals surface area contributed by atoms with Crippen molar-refractivity contribution in [2.45, 2.75) is 53.0 Å². The lowest BCUT2D eigenvalue weighted by Crippen LogP contribution is -2.33. The van der Waals surface area contributed by atoms with Crippen molar-refractivity contribution in [1.82, 2.24) is 15.1 Å². The van der Waals surface area contributed by atoms with Crippen LogP contribution in [-0.2, 0) is 13.5 Å². The predicted molar refractivity (Wildman–Crippen MR) is 73.1 cm³/mol. The molecule has 1 unspecified atom stereocenters. The van der Waals surface area contributed by atoms with Crippen molar-refractivity contribution in [3.8, 4) is 0 Å². The van der Waals surface area contributed by atoms with Gasteiger partial charge in [-0.25, -0.2) is 0 Å². The van der Waals surface area contributed by atoms with Crippen LogP contribution in [0.1, 0.15) is 46.2 Å². The lowest BCUT2D eigenvalue weighted by atomic mass is 9.86. The maximum Gasteiger partial charge on any atom is 0.0492 e. The van der Waals surface area contributed by atoms with Gasteiger partial charge in [0.25, 0.3) is 0 Å². The highest BCUT2D eigenvalue weighted by Gasteiger charge is 2.18. The summed E-state index contributed by atoms with van der Waals surface area (Å²) >= 11 is 0. The van der Waals surface area contributed by atoms with Crippen molar-refractivity contribution in [2.24, 2.45) is 12.5 Å². The Labute approximate surface area is 106 Å². The zero-order valence-corrected chi connectivity index (χ0v) is 12.0. The minimum absolute atomic E-state index is 0.388. The minimum atomic E-state index is 0.388. The van der Waals surface area contributed by atoms with E-state index in [1.165, 1.54) is 18.5 Å². The van der Waals surface area contributed by atoms with Gasteiger partial charge in [-0.05, 0) is 37.3 Å². The number of nitrogens with one attached hydrogen (secondary N) is 1. The molecule has 0 saturated heterocycles. The summed E-state index contributed by atoms with van der Waals surface area (Å²) in [5.41, 5.74) is 1.71. The molecular formula is C14H27N3. The Morgan fingerprint density at radius 3 is 2.59 bits per heavy atom. The van der Waals surface area contributed by atoms with Gasteiger partial charge in [0.1, 0.15) is 0 Å². The van der Waals surface area contributed by atoms with E-state index in [2.05, 4.69) is 44.2 Å². The monoisotopic (exact) mass is 237 g/mol. The third-order valence-electron chi connectivity index (χ3n) is 3.02. The van der Waals surface area contributed by atoms with Crippen LogP contribution in [0.4, 0.5) is 0 Å². The van der Waals surface area contributed by atoms with Crippen LogP contribution in [0.2, 0.25) is 0 Å². The van der Waals surface area contributed by atoms with Crippen LogP contribution in [0.5, 0.6) is 0 Å². The molecule has 0 spiro atoms. The summed E-state index contributed by atoms with van der Waals surface area (Å²) in [5, 5.41) is 7.80. The maximum absolute atomic E-state index is 4.21. The van der Waals surface area contributed by atoms with E-state index in [1.807, 2.05) is 17.9 Å². The first-order valence-corrected chi connectivity index (χ1v) is 6.62. The van der Waals surface area contributed by atoms with E-state index in [-0.39, 0.29) is 0 Å². The zero-order valence-electron chi connectivity index (χ0n) is 12.0. The highest BCUT2D eigenvalue weighted by atomic mass is 15.2. The topological polar surface area (TPSA) is 29.9 Å². The molecule has 0 fully saturated rings. The van der Waals surface area contributed by atoms with E-state index in [9.17, 15) is 0 Å². The first-order valence-electron chi connectivity index (χ1n) is 6.62. The number of aryl methyl sites for hydroxylation is 2. The third-order valence-corrected chi connectivity index (χ3v) is 3.02. The molecule has 0 bridgehead atoms. The Morgan fingerprint density at radius 1 is 1.41 bits per heavy atom. The Balaban J connectivity index is 2.47. The Bertz CT molecular complexity index is 322. The zero-order chi connectivity index (χ0) is 12.9. The molecule has 1 atom stereocenters. The number of rotatable bonds is 6. The standard InChI is InChI=1S/C14H27N3/c1-6-15-12(11-14(2,3)4)7-8-13-9-10-16-17(13)5/h9-10,12,15H,6-8,11H2,1-5H3. The Hall–Kier alpha value is -0.830. The van der Waals surface area contributed by atoms with Crippen LogP contribution >= 0.6 is 0 Å². The van der Waals surface area contributed by atoms with Gasteiger partial charge in [0.05, 0.1) is 0 Å². The second-order valence-electron chi connectivity index (χ2n) is 6.00. The summed E-state index contributed by atoms with van der Waals surface area (Å²) in [6.45, 7) is 10.1. The molecule has 3 nitrogen and oxygen atoms in total. The quantitative estimate of drug-likeness (QED) is 0.824. The fourth-order valence-electron chi connectivity index (χ4n) is 2.27. The number of hydrogen-bond acceptors (Lipinski definition) is 2. The number of aromatic nitrogens is 2. The average molecular weight is 237 g/mol. The molecule has 0 aliphatic carbocycles. The van der Waals surface area contributed by atoms with Gasteiger partial charge in [0.2, 0.25) is 0 Å². The van der Waals surface area contributed by atoms with E-state index in [4.69, 9.17) is 0 Å². The van der Waals surface area contributed by atoms with Gasteiger partial charge in [0, 0.05) is 25.0 Å². The smallest absolute Gasteiger partial charge is 0.0492 e. The summed E-state index contributed by atoms with van der Waals surface area (Å²) < 4.78 is 1.97. The fraction of sp³-hybridized carbons (Fsp3) is 0.786. The lowest BCUT2D eigenvalue weighted by Gasteiger charge is -2.26.